The Hall–Kier alpha value is -1.33. The standard InChI is InChI=1S/C10H8ClN3OS/c1-16-10-8-3-9(11)12-4-6(8)2-7(14-10)5-13-15/h2-5,15H,1H3. The molecular formula is C10H8ClN3OS. The molecule has 0 amide bonds. The van der Waals surface area contributed by atoms with Crippen molar-refractivity contribution in [2.45, 2.75) is 5.03 Å². The Morgan fingerprint density at radius 1 is 1.50 bits per heavy atom. The predicted molar refractivity (Wildman–Crippen MR) is 65.7 cm³/mol. The van der Waals surface area contributed by atoms with Gasteiger partial charge in [-0.15, -0.1) is 11.8 Å². The first kappa shape index (κ1) is 11.2. The molecule has 0 aliphatic heterocycles. The molecular weight excluding hydrogens is 246 g/mol. The molecule has 82 valence electrons. The van der Waals surface area contributed by atoms with Crippen LogP contribution in [-0.2, 0) is 0 Å². The Labute approximate surface area is 101 Å². The third-order valence-corrected chi connectivity index (χ3v) is 2.95. The van der Waals surface area contributed by atoms with Crippen molar-refractivity contribution in [3.05, 3.63) is 29.2 Å². The van der Waals surface area contributed by atoms with E-state index in [1.807, 2.05) is 6.26 Å². The van der Waals surface area contributed by atoms with Crippen LogP contribution in [0.3, 0.4) is 0 Å². The molecule has 0 saturated carbocycles. The van der Waals surface area contributed by atoms with Crippen LogP contribution in [0.2, 0.25) is 5.15 Å². The second-order valence-electron chi connectivity index (χ2n) is 3.03. The molecule has 0 aliphatic rings. The monoisotopic (exact) mass is 253 g/mol. The highest BCUT2D eigenvalue weighted by Gasteiger charge is 2.05. The van der Waals surface area contributed by atoms with Crippen LogP contribution in [0.4, 0.5) is 0 Å². The van der Waals surface area contributed by atoms with Gasteiger partial charge in [0.2, 0.25) is 0 Å². The normalized spacial score (nSPS) is 11.4. The summed E-state index contributed by atoms with van der Waals surface area (Å²) in [6.07, 6.45) is 4.89. The van der Waals surface area contributed by atoms with Gasteiger partial charge in [-0.1, -0.05) is 16.8 Å². The summed E-state index contributed by atoms with van der Waals surface area (Å²) in [4.78, 5) is 8.32. The molecule has 0 radical (unpaired) electrons. The summed E-state index contributed by atoms with van der Waals surface area (Å²) >= 11 is 7.34. The van der Waals surface area contributed by atoms with Gasteiger partial charge in [0.1, 0.15) is 10.2 Å². The molecule has 0 saturated heterocycles. The van der Waals surface area contributed by atoms with Crippen LogP contribution in [0.5, 0.6) is 0 Å². The van der Waals surface area contributed by atoms with Crippen LogP contribution >= 0.6 is 23.4 Å². The first-order valence-corrected chi connectivity index (χ1v) is 6.02. The Kier molecular flexibility index (Phi) is 3.26. The van der Waals surface area contributed by atoms with Crippen molar-refractivity contribution in [3.63, 3.8) is 0 Å². The molecule has 1 N–H and O–H groups in total. The van der Waals surface area contributed by atoms with E-state index in [4.69, 9.17) is 16.8 Å². The van der Waals surface area contributed by atoms with Crippen molar-refractivity contribution in [3.8, 4) is 0 Å². The number of hydrogen-bond donors (Lipinski definition) is 1. The Morgan fingerprint density at radius 3 is 3.00 bits per heavy atom. The number of nitrogens with zero attached hydrogens (tertiary/aromatic N) is 3. The SMILES string of the molecule is CSc1nc(C=NO)cc2cnc(Cl)cc12. The number of fused-ring (bicyclic) bond motifs is 1. The average molecular weight is 254 g/mol. The fourth-order valence-electron chi connectivity index (χ4n) is 1.39. The first-order valence-electron chi connectivity index (χ1n) is 4.42. The zero-order valence-corrected chi connectivity index (χ0v) is 9.96. The lowest BCUT2D eigenvalue weighted by atomic mass is 10.2. The molecule has 6 heteroatoms. The summed E-state index contributed by atoms with van der Waals surface area (Å²) in [5.41, 5.74) is 0.587. The fraction of sp³-hybridized carbons (Fsp3) is 0.100. The molecule has 2 aromatic rings. The molecule has 0 atom stereocenters. The summed E-state index contributed by atoms with van der Waals surface area (Å²) in [5, 5.41) is 14.6. The minimum Gasteiger partial charge on any atom is -0.411 e. The molecule has 0 aromatic carbocycles. The first-order chi connectivity index (χ1) is 7.74. The van der Waals surface area contributed by atoms with Crippen LogP contribution < -0.4 is 0 Å². The number of aromatic nitrogens is 2. The quantitative estimate of drug-likeness (QED) is 0.294. The molecule has 0 bridgehead atoms. The van der Waals surface area contributed by atoms with Gasteiger partial charge in [0.15, 0.2) is 0 Å². The van der Waals surface area contributed by atoms with Crippen molar-refractivity contribution in [2.24, 2.45) is 5.16 Å². The summed E-state index contributed by atoms with van der Waals surface area (Å²) in [7, 11) is 0. The van der Waals surface area contributed by atoms with Gasteiger partial charge >= 0.3 is 0 Å². The van der Waals surface area contributed by atoms with Gasteiger partial charge in [-0.2, -0.15) is 0 Å². The van der Waals surface area contributed by atoms with E-state index in [0.717, 1.165) is 15.8 Å². The van der Waals surface area contributed by atoms with Gasteiger partial charge in [0.25, 0.3) is 0 Å². The van der Waals surface area contributed by atoms with Crippen molar-refractivity contribution in [1.29, 1.82) is 0 Å². The third-order valence-electron chi connectivity index (χ3n) is 2.05. The molecule has 2 heterocycles. The van der Waals surface area contributed by atoms with Crippen molar-refractivity contribution < 1.29 is 5.21 Å². The molecule has 2 rings (SSSR count). The second-order valence-corrected chi connectivity index (χ2v) is 4.21. The van der Waals surface area contributed by atoms with E-state index in [-0.39, 0.29) is 0 Å². The lowest BCUT2D eigenvalue weighted by molar-refractivity contribution is 0.321. The number of hydrogen-bond acceptors (Lipinski definition) is 5. The summed E-state index contributed by atoms with van der Waals surface area (Å²) in [5.74, 6) is 0. The molecule has 0 aliphatic carbocycles. The molecule has 4 nitrogen and oxygen atoms in total. The third kappa shape index (κ3) is 2.10. The fourth-order valence-corrected chi connectivity index (χ4v) is 2.14. The maximum absolute atomic E-state index is 8.49. The topological polar surface area (TPSA) is 58.4 Å². The Balaban J connectivity index is 2.73. The van der Waals surface area contributed by atoms with Crippen molar-refractivity contribution in [1.82, 2.24) is 9.97 Å². The van der Waals surface area contributed by atoms with Crippen LogP contribution in [0.15, 0.2) is 28.5 Å². The van der Waals surface area contributed by atoms with E-state index < -0.39 is 0 Å². The second kappa shape index (κ2) is 4.67. The lowest BCUT2D eigenvalue weighted by Gasteiger charge is -2.04. The van der Waals surface area contributed by atoms with E-state index in [1.54, 1.807) is 18.3 Å². The smallest absolute Gasteiger partial charge is 0.129 e. The lowest BCUT2D eigenvalue weighted by Crippen LogP contribution is -1.92. The zero-order valence-electron chi connectivity index (χ0n) is 8.38. The molecule has 2 aromatic heterocycles. The Morgan fingerprint density at radius 2 is 2.31 bits per heavy atom. The Bertz CT molecular complexity index is 559. The van der Waals surface area contributed by atoms with E-state index >= 15 is 0 Å². The van der Waals surface area contributed by atoms with Gasteiger partial charge < -0.3 is 5.21 Å². The maximum Gasteiger partial charge on any atom is 0.129 e. The predicted octanol–water partition coefficient (Wildman–Crippen LogP) is 2.81. The van der Waals surface area contributed by atoms with E-state index in [9.17, 15) is 0 Å². The number of oxime groups is 1. The zero-order chi connectivity index (χ0) is 11.5. The van der Waals surface area contributed by atoms with Crippen LogP contribution in [0, 0.1) is 0 Å². The average Bonchev–Trinajstić information content (AvgIpc) is 2.29. The van der Waals surface area contributed by atoms with Gasteiger partial charge in [-0.25, -0.2) is 9.97 Å². The minimum atomic E-state index is 0.438. The van der Waals surface area contributed by atoms with Crippen LogP contribution in [0.1, 0.15) is 5.69 Å². The molecule has 16 heavy (non-hydrogen) atoms. The van der Waals surface area contributed by atoms with Crippen molar-refractivity contribution >= 4 is 40.3 Å². The highest BCUT2D eigenvalue weighted by molar-refractivity contribution is 7.98. The van der Waals surface area contributed by atoms with E-state index in [1.165, 1.54) is 18.0 Å². The van der Waals surface area contributed by atoms with E-state index in [0.29, 0.717) is 10.8 Å². The number of halogens is 1. The number of thioether (sulfide) groups is 1. The van der Waals surface area contributed by atoms with Gasteiger partial charge in [0, 0.05) is 17.0 Å². The minimum absolute atomic E-state index is 0.438. The van der Waals surface area contributed by atoms with Gasteiger partial charge in [-0.3, -0.25) is 0 Å². The molecule has 0 spiro atoms. The highest BCUT2D eigenvalue weighted by Crippen LogP contribution is 2.26. The van der Waals surface area contributed by atoms with Gasteiger partial charge in [-0.05, 0) is 18.4 Å². The largest absolute Gasteiger partial charge is 0.411 e. The summed E-state index contributed by atoms with van der Waals surface area (Å²) in [6, 6.07) is 3.56. The molecule has 0 unspecified atom stereocenters. The summed E-state index contributed by atoms with van der Waals surface area (Å²) in [6.45, 7) is 0. The number of pyridine rings is 2. The summed E-state index contributed by atoms with van der Waals surface area (Å²) < 4.78 is 0. The number of rotatable bonds is 2. The van der Waals surface area contributed by atoms with Crippen LogP contribution in [-0.4, -0.2) is 27.6 Å². The van der Waals surface area contributed by atoms with Crippen molar-refractivity contribution in [2.75, 3.05) is 6.26 Å². The molecule has 0 fully saturated rings. The highest BCUT2D eigenvalue weighted by atomic mass is 35.5. The van der Waals surface area contributed by atoms with E-state index in [2.05, 4.69) is 15.1 Å². The van der Waals surface area contributed by atoms with Crippen LogP contribution in [0.25, 0.3) is 10.8 Å². The maximum atomic E-state index is 8.49. The van der Waals surface area contributed by atoms with Gasteiger partial charge in [0.05, 0.1) is 11.9 Å².